The van der Waals surface area contributed by atoms with Crippen molar-refractivity contribution in [3.8, 4) is 44.8 Å². The van der Waals surface area contributed by atoms with Gasteiger partial charge in [-0.1, -0.05) is 0 Å². The fraction of sp³-hybridized carbons (Fsp3) is 0. The van der Waals surface area contributed by atoms with Gasteiger partial charge in [0, 0.05) is 0 Å². The van der Waals surface area contributed by atoms with Gasteiger partial charge in [-0.15, -0.1) is 0 Å². The van der Waals surface area contributed by atoms with Gasteiger partial charge < -0.3 is 19.1 Å². The molecular weight excluding hydrogens is 123 g/mol. The molecule has 0 aromatic rings. The molecule has 0 aliphatic rings. The summed E-state index contributed by atoms with van der Waals surface area (Å²) in [6.45, 7) is 0. The fourth-order valence-corrected chi connectivity index (χ4v) is 0.866. The maximum atomic E-state index is 5.04. The van der Waals surface area contributed by atoms with Gasteiger partial charge in [0.05, 0.1) is 0 Å². The van der Waals surface area contributed by atoms with E-state index in [1.165, 1.54) is 0 Å². The second-order valence-corrected chi connectivity index (χ2v) is 4.60. The normalized spacial score (nSPS) is 7.56. The molecule has 0 amide bonds. The summed E-state index contributed by atoms with van der Waals surface area (Å²) >= 11 is -2.85. The Balaban J connectivity index is 4.84. The zero-order chi connectivity index (χ0) is 7.33. The Morgan fingerprint density at radius 1 is 0.667 bits per heavy atom. The van der Waals surface area contributed by atoms with Crippen molar-refractivity contribution in [2.24, 2.45) is 0 Å². The minimum Gasteiger partial charge on any atom is -0.315 e. The Morgan fingerprint density at radius 3 is 0.889 bits per heavy atom. The molecule has 0 unspecified atom stereocenters. The quantitative estimate of drug-likeness (QED) is 0.320. The van der Waals surface area contributed by atoms with E-state index in [0.717, 1.165) is 0 Å². The molecule has 0 rings (SSSR count). The van der Waals surface area contributed by atoms with E-state index < -0.39 is 13.1 Å². The van der Waals surface area contributed by atoms with E-state index in [4.69, 9.17) is 25.7 Å². The molecule has 0 spiro atoms. The molecule has 0 radical (unpaired) electrons. The standard InChI is InChI=1S/4C2H.Al/c4*1-2;/h4*1H;/q;;;;-1. The van der Waals surface area contributed by atoms with E-state index >= 15 is 0 Å². The highest BCUT2D eigenvalue weighted by Gasteiger charge is 2.18. The van der Waals surface area contributed by atoms with Gasteiger partial charge in [0.15, 0.2) is 0 Å². The summed E-state index contributed by atoms with van der Waals surface area (Å²) in [6.07, 6.45) is 20.1. The largest absolute Gasteiger partial charge is 0.483 e. The molecule has 0 saturated carbocycles. The Morgan fingerprint density at radius 2 is 0.889 bits per heavy atom. The van der Waals surface area contributed by atoms with E-state index in [-0.39, 0.29) is 0 Å². The van der Waals surface area contributed by atoms with Crippen molar-refractivity contribution >= 4 is 13.1 Å². The van der Waals surface area contributed by atoms with E-state index in [0.29, 0.717) is 0 Å². The molecule has 0 aromatic carbocycles. The average molecular weight is 127 g/mol. The maximum Gasteiger partial charge on any atom is 0.483 e. The lowest BCUT2D eigenvalue weighted by Gasteiger charge is -2.06. The predicted octanol–water partition coefficient (Wildman–Crippen LogP) is 0.125. The molecule has 0 heterocycles. The van der Waals surface area contributed by atoms with Crippen LogP contribution >= 0.6 is 0 Å². The monoisotopic (exact) mass is 127 g/mol. The topological polar surface area (TPSA) is 0 Å². The second kappa shape index (κ2) is 2.93. The highest BCUT2D eigenvalue weighted by atomic mass is 27.2. The van der Waals surface area contributed by atoms with Crippen LogP contribution in [0.4, 0.5) is 0 Å². The first-order chi connectivity index (χ1) is 4.24. The van der Waals surface area contributed by atoms with Crippen molar-refractivity contribution in [2.45, 2.75) is 0 Å². The zero-order valence-electron chi connectivity index (χ0n) is 4.89. The van der Waals surface area contributed by atoms with Crippen LogP contribution in [-0.4, -0.2) is 13.1 Å². The smallest absolute Gasteiger partial charge is 0.315 e. The fourth-order valence-electron chi connectivity index (χ4n) is 0.289. The van der Waals surface area contributed by atoms with Crippen LogP contribution in [0.25, 0.3) is 0 Å². The molecule has 0 atom stereocenters. The van der Waals surface area contributed by atoms with Gasteiger partial charge in [0.1, 0.15) is 0 Å². The minimum absolute atomic E-state index is 2.32. The SMILES string of the molecule is C#[C][Al-]([C]#C)([C]#C)[C]#C. The van der Waals surface area contributed by atoms with Crippen LogP contribution in [0.15, 0.2) is 0 Å². The summed E-state index contributed by atoms with van der Waals surface area (Å²) in [6, 6.07) is 0. The molecule has 40 valence electrons. The molecule has 0 saturated heterocycles. The number of rotatable bonds is 0. The number of terminal acetylenes is 4. The van der Waals surface area contributed by atoms with E-state index in [1.54, 1.807) is 0 Å². The van der Waals surface area contributed by atoms with Crippen LogP contribution in [0.2, 0.25) is 0 Å². The lowest BCUT2D eigenvalue weighted by molar-refractivity contribution is 2.45. The number of hydrogen-bond donors (Lipinski definition) is 0. The van der Waals surface area contributed by atoms with Crippen LogP contribution in [0.3, 0.4) is 0 Å². The lowest BCUT2D eigenvalue weighted by atomic mass is 11.3. The van der Waals surface area contributed by atoms with E-state index in [1.807, 2.05) is 0 Å². The lowest BCUT2D eigenvalue weighted by Crippen LogP contribution is -2.27. The Bertz CT molecular complexity index is 197. The van der Waals surface area contributed by atoms with Crippen molar-refractivity contribution in [3.05, 3.63) is 0 Å². The molecule has 0 fully saturated rings. The van der Waals surface area contributed by atoms with Gasteiger partial charge in [0.2, 0.25) is 0 Å². The van der Waals surface area contributed by atoms with Crippen LogP contribution in [0.1, 0.15) is 0 Å². The van der Waals surface area contributed by atoms with Gasteiger partial charge in [-0.25, -0.2) is 0 Å². The number of hydrogen-bond acceptors (Lipinski definition) is 0. The molecule has 0 aliphatic heterocycles. The van der Waals surface area contributed by atoms with Gasteiger partial charge in [0.25, 0.3) is 0 Å². The molecular formula is C8H4Al-. The summed E-state index contributed by atoms with van der Waals surface area (Å²) in [5, 5.41) is 0. The third kappa shape index (κ3) is 1.33. The van der Waals surface area contributed by atoms with Gasteiger partial charge in [-0.2, -0.15) is 25.7 Å². The summed E-state index contributed by atoms with van der Waals surface area (Å²) in [5.74, 6) is 0. The third-order valence-electron chi connectivity index (χ3n) is 1.00. The summed E-state index contributed by atoms with van der Waals surface area (Å²) in [5.41, 5.74) is 0. The molecule has 9 heavy (non-hydrogen) atoms. The maximum absolute atomic E-state index is 5.04. The first-order valence-electron chi connectivity index (χ1n) is 2.31. The first kappa shape index (κ1) is 7.77. The van der Waals surface area contributed by atoms with Crippen molar-refractivity contribution < 1.29 is 0 Å². The van der Waals surface area contributed by atoms with Gasteiger partial charge >= 0.3 is 13.1 Å². The van der Waals surface area contributed by atoms with E-state index in [9.17, 15) is 0 Å². The third-order valence-corrected chi connectivity index (χ3v) is 3.00. The molecule has 0 bridgehead atoms. The van der Waals surface area contributed by atoms with Crippen LogP contribution in [0.5, 0.6) is 0 Å². The Hall–Kier alpha value is -1.23. The average Bonchev–Trinajstić information content (AvgIpc) is 1.95. The first-order valence-corrected chi connectivity index (χ1v) is 4.62. The molecule has 0 aromatic heterocycles. The van der Waals surface area contributed by atoms with Crippen LogP contribution in [-0.2, 0) is 0 Å². The van der Waals surface area contributed by atoms with Gasteiger partial charge in [-0.05, 0) is 0 Å². The van der Waals surface area contributed by atoms with Crippen LogP contribution < -0.4 is 0 Å². The highest BCUT2D eigenvalue weighted by Crippen LogP contribution is 1.92. The Labute approximate surface area is 58.3 Å². The van der Waals surface area contributed by atoms with Crippen molar-refractivity contribution in [1.29, 1.82) is 0 Å². The molecule has 1 heteroatoms. The second-order valence-electron chi connectivity index (χ2n) is 1.53. The molecule has 0 N–H and O–H groups in total. The van der Waals surface area contributed by atoms with Crippen molar-refractivity contribution in [1.82, 2.24) is 0 Å². The minimum atomic E-state index is -2.85. The van der Waals surface area contributed by atoms with E-state index in [2.05, 4.69) is 19.1 Å². The van der Waals surface area contributed by atoms with Crippen molar-refractivity contribution in [3.63, 3.8) is 0 Å². The van der Waals surface area contributed by atoms with Gasteiger partial charge in [-0.3, -0.25) is 0 Å². The molecule has 0 nitrogen and oxygen atoms in total. The summed E-state index contributed by atoms with van der Waals surface area (Å²) in [7, 11) is 0. The van der Waals surface area contributed by atoms with Crippen molar-refractivity contribution in [2.75, 3.05) is 0 Å². The highest BCUT2D eigenvalue weighted by molar-refractivity contribution is 7.06. The summed E-state index contributed by atoms with van der Waals surface area (Å²) < 4.78 is 0. The summed E-state index contributed by atoms with van der Waals surface area (Å²) in [4.78, 5) is 9.29. The van der Waals surface area contributed by atoms with Crippen LogP contribution in [0, 0.1) is 44.8 Å². The zero-order valence-corrected chi connectivity index (χ0v) is 6.04. The Kier molecular flexibility index (Phi) is 2.53. The predicted molar refractivity (Wildman–Crippen MR) is 41.1 cm³/mol. The molecule has 0 aliphatic carbocycles.